The van der Waals surface area contributed by atoms with E-state index < -0.39 is 0 Å². The molecule has 17 heavy (non-hydrogen) atoms. The van der Waals surface area contributed by atoms with Crippen LogP contribution in [0.1, 0.15) is 12.5 Å². The predicted molar refractivity (Wildman–Crippen MR) is 70.0 cm³/mol. The third-order valence-corrected chi connectivity index (χ3v) is 2.57. The van der Waals surface area contributed by atoms with Crippen molar-refractivity contribution in [2.24, 2.45) is 0 Å². The van der Waals surface area contributed by atoms with Crippen LogP contribution in [0.3, 0.4) is 0 Å². The van der Waals surface area contributed by atoms with Crippen molar-refractivity contribution in [3.8, 4) is 5.40 Å². The molecule has 0 aliphatic heterocycles. The maximum absolute atomic E-state index is 10.7. The van der Waals surface area contributed by atoms with Crippen molar-refractivity contribution in [2.75, 3.05) is 12.3 Å². The molecule has 1 aromatic rings. The molecule has 88 valence electrons. The number of rotatable bonds is 4. The molecule has 1 amide bonds. The van der Waals surface area contributed by atoms with E-state index in [0.717, 1.165) is 22.2 Å². The second kappa shape index (κ2) is 6.61. The van der Waals surface area contributed by atoms with Gasteiger partial charge in [0.15, 0.2) is 0 Å². The van der Waals surface area contributed by atoms with Crippen LogP contribution in [0.25, 0.3) is 6.08 Å². The van der Waals surface area contributed by atoms with Crippen LogP contribution in [0.15, 0.2) is 29.2 Å². The molecule has 0 spiro atoms. The topological polar surface area (TPSA) is 78.9 Å². The van der Waals surface area contributed by atoms with Gasteiger partial charge in [0, 0.05) is 24.1 Å². The SMILES string of the molecule is CC(=O)NCC=Cc1cc(SC#N)ccc1N. The Hall–Kier alpha value is -1.93. The average molecular weight is 247 g/mol. The fraction of sp³-hybridized carbons (Fsp3) is 0.167. The number of nitrogens with zero attached hydrogens (tertiary/aromatic N) is 1. The maximum Gasteiger partial charge on any atom is 0.217 e. The van der Waals surface area contributed by atoms with Gasteiger partial charge in [-0.2, -0.15) is 5.26 Å². The molecule has 4 nitrogen and oxygen atoms in total. The van der Waals surface area contributed by atoms with E-state index in [1.165, 1.54) is 6.92 Å². The Labute approximate surface area is 104 Å². The van der Waals surface area contributed by atoms with Crippen molar-refractivity contribution in [2.45, 2.75) is 11.8 Å². The molecule has 0 saturated carbocycles. The van der Waals surface area contributed by atoms with Gasteiger partial charge in [-0.15, -0.1) is 0 Å². The lowest BCUT2D eigenvalue weighted by molar-refractivity contribution is -0.118. The Morgan fingerprint density at radius 1 is 1.65 bits per heavy atom. The number of thioether (sulfide) groups is 1. The number of nitriles is 1. The van der Waals surface area contributed by atoms with Gasteiger partial charge in [-0.1, -0.05) is 12.2 Å². The van der Waals surface area contributed by atoms with E-state index in [1.54, 1.807) is 12.1 Å². The largest absolute Gasteiger partial charge is 0.398 e. The Balaban J connectivity index is 2.72. The van der Waals surface area contributed by atoms with Gasteiger partial charge in [0.2, 0.25) is 5.91 Å². The first-order chi connectivity index (χ1) is 8.13. The van der Waals surface area contributed by atoms with Gasteiger partial charge in [-0.3, -0.25) is 4.79 Å². The summed E-state index contributed by atoms with van der Waals surface area (Å²) in [6.07, 6.45) is 3.64. The molecular formula is C12H13N3OS. The summed E-state index contributed by atoms with van der Waals surface area (Å²) < 4.78 is 0. The summed E-state index contributed by atoms with van der Waals surface area (Å²) in [5, 5.41) is 13.2. The van der Waals surface area contributed by atoms with E-state index in [1.807, 2.05) is 23.6 Å². The summed E-state index contributed by atoms with van der Waals surface area (Å²) in [6, 6.07) is 5.40. The molecule has 0 aromatic heterocycles. The maximum atomic E-state index is 10.7. The van der Waals surface area contributed by atoms with Gasteiger partial charge in [-0.05, 0) is 35.5 Å². The molecule has 1 rings (SSSR count). The van der Waals surface area contributed by atoms with Crippen molar-refractivity contribution in [1.82, 2.24) is 5.32 Å². The minimum absolute atomic E-state index is 0.0728. The number of hydrogen-bond donors (Lipinski definition) is 2. The van der Waals surface area contributed by atoms with Crippen molar-refractivity contribution >= 4 is 29.4 Å². The molecule has 0 unspecified atom stereocenters. The minimum Gasteiger partial charge on any atom is -0.398 e. The molecule has 0 saturated heterocycles. The Morgan fingerprint density at radius 2 is 2.41 bits per heavy atom. The molecule has 0 aliphatic carbocycles. The van der Waals surface area contributed by atoms with Gasteiger partial charge in [0.1, 0.15) is 5.40 Å². The number of amides is 1. The summed E-state index contributed by atoms with van der Waals surface area (Å²) in [5.41, 5.74) is 7.28. The van der Waals surface area contributed by atoms with Gasteiger partial charge >= 0.3 is 0 Å². The van der Waals surface area contributed by atoms with Crippen molar-refractivity contribution in [1.29, 1.82) is 5.26 Å². The number of hydrogen-bond acceptors (Lipinski definition) is 4. The van der Waals surface area contributed by atoms with Crippen LogP contribution in [0.2, 0.25) is 0 Å². The summed E-state index contributed by atoms with van der Waals surface area (Å²) in [4.78, 5) is 11.5. The molecule has 1 aromatic carbocycles. The Kier molecular flexibility index (Phi) is 5.11. The fourth-order valence-electron chi connectivity index (χ4n) is 1.20. The first-order valence-corrected chi connectivity index (χ1v) is 5.81. The quantitative estimate of drug-likeness (QED) is 0.484. The summed E-state index contributed by atoms with van der Waals surface area (Å²) in [5.74, 6) is -0.0728. The van der Waals surface area contributed by atoms with E-state index >= 15 is 0 Å². The molecule has 0 radical (unpaired) electrons. The first-order valence-electron chi connectivity index (χ1n) is 5.00. The highest BCUT2D eigenvalue weighted by atomic mass is 32.2. The number of nitrogens with two attached hydrogens (primary N) is 1. The van der Waals surface area contributed by atoms with Crippen molar-refractivity contribution in [3.63, 3.8) is 0 Å². The highest BCUT2D eigenvalue weighted by molar-refractivity contribution is 8.03. The normalized spacial score (nSPS) is 10.1. The van der Waals surface area contributed by atoms with E-state index in [4.69, 9.17) is 11.0 Å². The van der Waals surface area contributed by atoms with Gasteiger partial charge in [-0.25, -0.2) is 0 Å². The lowest BCUT2D eigenvalue weighted by Crippen LogP contribution is -2.19. The van der Waals surface area contributed by atoms with E-state index in [2.05, 4.69) is 5.32 Å². The third kappa shape index (κ3) is 4.62. The minimum atomic E-state index is -0.0728. The zero-order valence-electron chi connectivity index (χ0n) is 9.43. The summed E-state index contributed by atoms with van der Waals surface area (Å²) >= 11 is 1.09. The number of benzene rings is 1. The second-order valence-electron chi connectivity index (χ2n) is 3.32. The molecule has 0 atom stereocenters. The van der Waals surface area contributed by atoms with Crippen molar-refractivity contribution < 1.29 is 4.79 Å². The summed E-state index contributed by atoms with van der Waals surface area (Å²) in [6.45, 7) is 1.93. The smallest absolute Gasteiger partial charge is 0.217 e. The highest BCUT2D eigenvalue weighted by Gasteiger charge is 1.98. The highest BCUT2D eigenvalue weighted by Crippen LogP contribution is 2.22. The van der Waals surface area contributed by atoms with Gasteiger partial charge in [0.05, 0.1) is 0 Å². The number of thiocyanates is 1. The zero-order chi connectivity index (χ0) is 12.7. The molecule has 3 N–H and O–H groups in total. The van der Waals surface area contributed by atoms with Crippen LogP contribution in [0.4, 0.5) is 5.69 Å². The molecule has 0 heterocycles. The first kappa shape index (κ1) is 13.1. The summed E-state index contributed by atoms with van der Waals surface area (Å²) in [7, 11) is 0. The number of nitrogens with one attached hydrogen (secondary N) is 1. The van der Waals surface area contributed by atoms with E-state index in [-0.39, 0.29) is 5.91 Å². The number of carbonyl (C=O) groups is 1. The van der Waals surface area contributed by atoms with E-state index in [0.29, 0.717) is 12.2 Å². The van der Waals surface area contributed by atoms with Crippen LogP contribution < -0.4 is 11.1 Å². The Morgan fingerprint density at radius 3 is 3.06 bits per heavy atom. The fourth-order valence-corrected chi connectivity index (χ4v) is 1.63. The Bertz CT molecular complexity index is 477. The number of anilines is 1. The molecule has 0 fully saturated rings. The molecule has 0 bridgehead atoms. The number of carbonyl (C=O) groups excluding carboxylic acids is 1. The zero-order valence-corrected chi connectivity index (χ0v) is 10.3. The van der Waals surface area contributed by atoms with Gasteiger partial charge < -0.3 is 11.1 Å². The standard InChI is InChI=1S/C12H13N3OS/c1-9(16)15-6-2-3-10-7-11(17-8-13)4-5-12(10)14/h2-5,7H,6,14H2,1H3,(H,15,16). The van der Waals surface area contributed by atoms with Crippen molar-refractivity contribution in [3.05, 3.63) is 29.8 Å². The van der Waals surface area contributed by atoms with Crippen LogP contribution in [-0.2, 0) is 4.79 Å². The van der Waals surface area contributed by atoms with Crippen LogP contribution in [-0.4, -0.2) is 12.5 Å². The lowest BCUT2D eigenvalue weighted by Gasteiger charge is -2.02. The van der Waals surface area contributed by atoms with E-state index in [9.17, 15) is 4.79 Å². The predicted octanol–water partition coefficient (Wildman–Crippen LogP) is 1.99. The molecular weight excluding hydrogens is 234 g/mol. The lowest BCUT2D eigenvalue weighted by atomic mass is 10.1. The monoisotopic (exact) mass is 247 g/mol. The van der Waals surface area contributed by atoms with Gasteiger partial charge in [0.25, 0.3) is 0 Å². The second-order valence-corrected chi connectivity index (χ2v) is 4.18. The van der Waals surface area contributed by atoms with Crippen LogP contribution in [0, 0.1) is 10.7 Å². The van der Waals surface area contributed by atoms with Crippen LogP contribution in [0.5, 0.6) is 0 Å². The number of nitrogen functional groups attached to an aromatic ring is 1. The third-order valence-electron chi connectivity index (χ3n) is 1.99. The van der Waals surface area contributed by atoms with Crippen LogP contribution >= 0.6 is 11.8 Å². The molecule has 5 heteroatoms. The molecule has 0 aliphatic rings. The average Bonchev–Trinajstić information content (AvgIpc) is 2.28.